The summed E-state index contributed by atoms with van der Waals surface area (Å²) in [6.45, 7) is 2.27. The molecule has 0 saturated heterocycles. The Labute approximate surface area is 127 Å². The molecule has 2 atom stereocenters. The molecule has 0 spiro atoms. The van der Waals surface area contributed by atoms with Crippen molar-refractivity contribution in [3.8, 4) is 5.75 Å². The van der Waals surface area contributed by atoms with E-state index in [9.17, 15) is 0 Å². The van der Waals surface area contributed by atoms with Crippen LogP contribution in [-0.2, 0) is 6.42 Å². The van der Waals surface area contributed by atoms with E-state index < -0.39 is 0 Å². The number of methoxy groups -OCH3 is 1. The molecule has 2 rings (SSSR count). The molecule has 0 saturated carbocycles. The van der Waals surface area contributed by atoms with Gasteiger partial charge < -0.3 is 10.1 Å². The Kier molecular flexibility index (Phi) is 6.24. The molecule has 0 bridgehead atoms. The summed E-state index contributed by atoms with van der Waals surface area (Å²) in [6, 6.07) is 6.99. The van der Waals surface area contributed by atoms with Gasteiger partial charge in [0, 0.05) is 11.3 Å². The Morgan fingerprint density at radius 2 is 2.20 bits per heavy atom. The predicted molar refractivity (Wildman–Crippen MR) is 88.9 cm³/mol. The number of fused-ring (bicyclic) bond motifs is 1. The lowest BCUT2D eigenvalue weighted by atomic mass is 9.87. The van der Waals surface area contributed by atoms with Gasteiger partial charge >= 0.3 is 0 Å². The molecule has 1 aliphatic rings. The average molecular weight is 293 g/mol. The first-order valence-electron chi connectivity index (χ1n) is 7.75. The monoisotopic (exact) mass is 293 g/mol. The van der Waals surface area contributed by atoms with Crippen molar-refractivity contribution in [3.63, 3.8) is 0 Å². The molecule has 1 aliphatic carbocycles. The second-order valence-electron chi connectivity index (χ2n) is 5.49. The molecule has 0 radical (unpaired) electrons. The third-order valence-corrected chi connectivity index (χ3v) is 5.61. The van der Waals surface area contributed by atoms with Gasteiger partial charge in [0.05, 0.1) is 7.11 Å². The topological polar surface area (TPSA) is 21.3 Å². The minimum absolute atomic E-state index is 0.459. The molecular formula is C17H27NOS. The lowest BCUT2D eigenvalue weighted by Crippen LogP contribution is -2.32. The normalized spacial score (nSPS) is 21.6. The van der Waals surface area contributed by atoms with Crippen LogP contribution < -0.4 is 10.1 Å². The van der Waals surface area contributed by atoms with Gasteiger partial charge in [-0.25, -0.2) is 0 Å². The lowest BCUT2D eigenvalue weighted by Gasteiger charge is -2.33. The van der Waals surface area contributed by atoms with E-state index in [-0.39, 0.29) is 0 Å². The highest BCUT2D eigenvalue weighted by molar-refractivity contribution is 7.99. The second-order valence-corrected chi connectivity index (χ2v) is 6.83. The van der Waals surface area contributed by atoms with Gasteiger partial charge in [0.25, 0.3) is 0 Å². The number of nitrogens with one attached hydrogen (secondary N) is 1. The molecule has 1 N–H and O–H groups in total. The first-order chi connectivity index (χ1) is 9.80. The highest BCUT2D eigenvalue weighted by Gasteiger charge is 2.28. The van der Waals surface area contributed by atoms with Crippen LogP contribution in [0.1, 0.15) is 49.8 Å². The quantitative estimate of drug-likeness (QED) is 0.762. The number of rotatable bonds is 7. The van der Waals surface area contributed by atoms with E-state index in [1.165, 1.54) is 49.0 Å². The van der Waals surface area contributed by atoms with Gasteiger partial charge in [0.2, 0.25) is 0 Å². The summed E-state index contributed by atoms with van der Waals surface area (Å²) in [6.07, 6.45) is 6.48. The van der Waals surface area contributed by atoms with Crippen LogP contribution in [0.4, 0.5) is 0 Å². The van der Waals surface area contributed by atoms with Crippen LogP contribution in [0.15, 0.2) is 18.2 Å². The maximum absolute atomic E-state index is 5.39. The van der Waals surface area contributed by atoms with Gasteiger partial charge in [-0.05, 0) is 55.3 Å². The molecule has 20 heavy (non-hydrogen) atoms. The Morgan fingerprint density at radius 1 is 1.35 bits per heavy atom. The van der Waals surface area contributed by atoms with Crippen molar-refractivity contribution in [1.82, 2.24) is 5.32 Å². The standard InChI is InChI=1S/C17H27NOS/c1-4-5-6-11-20-16-10-8-13-7-9-14(19-3)12-15(13)17(16)18-2/h7,9,12,16-18H,4-6,8,10-11H2,1-3H3. The largest absolute Gasteiger partial charge is 0.497 e. The van der Waals surface area contributed by atoms with E-state index in [0.29, 0.717) is 11.3 Å². The second kappa shape index (κ2) is 7.94. The zero-order chi connectivity index (χ0) is 14.4. The van der Waals surface area contributed by atoms with Crippen molar-refractivity contribution in [3.05, 3.63) is 29.3 Å². The number of hydrogen-bond acceptors (Lipinski definition) is 3. The molecule has 0 heterocycles. The molecule has 1 aromatic carbocycles. The third-order valence-electron chi connectivity index (χ3n) is 4.15. The zero-order valence-electron chi connectivity index (χ0n) is 12.9. The van der Waals surface area contributed by atoms with Crippen molar-refractivity contribution in [2.45, 2.75) is 50.3 Å². The van der Waals surface area contributed by atoms with Crippen LogP contribution in [0.5, 0.6) is 5.75 Å². The molecule has 2 unspecified atom stereocenters. The summed E-state index contributed by atoms with van der Waals surface area (Å²) in [5.41, 5.74) is 2.92. The van der Waals surface area contributed by atoms with E-state index >= 15 is 0 Å². The Bertz CT molecular complexity index is 421. The lowest BCUT2D eigenvalue weighted by molar-refractivity contribution is 0.411. The Balaban J connectivity index is 2.06. The molecular weight excluding hydrogens is 266 g/mol. The Hall–Kier alpha value is -0.670. The summed E-state index contributed by atoms with van der Waals surface area (Å²) in [5, 5.41) is 4.22. The van der Waals surface area contributed by atoms with Gasteiger partial charge in [-0.2, -0.15) is 11.8 Å². The number of thioether (sulfide) groups is 1. The van der Waals surface area contributed by atoms with Crippen molar-refractivity contribution in [1.29, 1.82) is 0 Å². The number of hydrogen-bond donors (Lipinski definition) is 1. The van der Waals surface area contributed by atoms with E-state index in [1.54, 1.807) is 7.11 Å². The minimum Gasteiger partial charge on any atom is -0.497 e. The Morgan fingerprint density at radius 3 is 2.90 bits per heavy atom. The molecule has 0 aromatic heterocycles. The predicted octanol–water partition coefficient (Wildman–Crippen LogP) is 4.19. The summed E-state index contributed by atoms with van der Waals surface area (Å²) < 4.78 is 5.39. The van der Waals surface area contributed by atoms with Crippen LogP contribution >= 0.6 is 11.8 Å². The fourth-order valence-electron chi connectivity index (χ4n) is 2.99. The van der Waals surface area contributed by atoms with Crippen molar-refractivity contribution in [2.24, 2.45) is 0 Å². The summed E-state index contributed by atoms with van der Waals surface area (Å²) in [7, 11) is 3.83. The van der Waals surface area contributed by atoms with Crippen molar-refractivity contribution < 1.29 is 4.74 Å². The molecule has 112 valence electrons. The third kappa shape index (κ3) is 3.70. The van der Waals surface area contributed by atoms with Crippen LogP contribution in [0.3, 0.4) is 0 Å². The highest BCUT2D eigenvalue weighted by Crippen LogP contribution is 2.38. The SMILES string of the molecule is CCCCCSC1CCc2ccc(OC)cc2C1NC. The zero-order valence-corrected chi connectivity index (χ0v) is 13.8. The molecule has 3 heteroatoms. The molecule has 2 nitrogen and oxygen atoms in total. The van der Waals surface area contributed by atoms with Gasteiger partial charge in [-0.15, -0.1) is 0 Å². The average Bonchev–Trinajstić information content (AvgIpc) is 2.50. The van der Waals surface area contributed by atoms with Crippen LogP contribution in [-0.4, -0.2) is 25.2 Å². The van der Waals surface area contributed by atoms with Crippen LogP contribution in [0.25, 0.3) is 0 Å². The summed E-state index contributed by atoms with van der Waals surface area (Å²) >= 11 is 2.14. The van der Waals surface area contributed by atoms with Crippen molar-refractivity contribution >= 4 is 11.8 Å². The van der Waals surface area contributed by atoms with Gasteiger partial charge in [0.15, 0.2) is 0 Å². The van der Waals surface area contributed by atoms with E-state index in [1.807, 2.05) is 0 Å². The number of ether oxygens (including phenoxy) is 1. The summed E-state index contributed by atoms with van der Waals surface area (Å²) in [4.78, 5) is 0. The molecule has 0 amide bonds. The fraction of sp³-hybridized carbons (Fsp3) is 0.647. The van der Waals surface area contributed by atoms with E-state index in [2.05, 4.69) is 49.2 Å². The first-order valence-corrected chi connectivity index (χ1v) is 8.80. The van der Waals surface area contributed by atoms with E-state index in [4.69, 9.17) is 4.74 Å². The van der Waals surface area contributed by atoms with Gasteiger partial charge in [0.1, 0.15) is 5.75 Å². The fourth-order valence-corrected chi connectivity index (χ4v) is 4.42. The smallest absolute Gasteiger partial charge is 0.119 e. The first kappa shape index (κ1) is 15.7. The van der Waals surface area contributed by atoms with Crippen molar-refractivity contribution in [2.75, 3.05) is 19.9 Å². The number of aryl methyl sites for hydroxylation is 1. The minimum atomic E-state index is 0.459. The maximum Gasteiger partial charge on any atom is 0.119 e. The summed E-state index contributed by atoms with van der Waals surface area (Å²) in [5.74, 6) is 2.26. The van der Waals surface area contributed by atoms with Crippen LogP contribution in [0, 0.1) is 0 Å². The maximum atomic E-state index is 5.39. The highest BCUT2D eigenvalue weighted by atomic mass is 32.2. The number of benzene rings is 1. The number of unbranched alkanes of at least 4 members (excludes halogenated alkanes) is 2. The van der Waals surface area contributed by atoms with Crippen LogP contribution in [0.2, 0.25) is 0 Å². The van der Waals surface area contributed by atoms with Gasteiger partial charge in [-0.1, -0.05) is 25.8 Å². The van der Waals surface area contributed by atoms with Gasteiger partial charge in [-0.3, -0.25) is 0 Å². The molecule has 0 fully saturated rings. The molecule has 1 aromatic rings. The molecule has 0 aliphatic heterocycles. The van der Waals surface area contributed by atoms with E-state index in [0.717, 1.165) is 5.75 Å².